The third-order valence-corrected chi connectivity index (χ3v) is 6.39. The molecule has 1 saturated heterocycles. The lowest BCUT2D eigenvalue weighted by Gasteiger charge is -2.17. The van der Waals surface area contributed by atoms with Crippen LogP contribution in [0.2, 0.25) is 0 Å². The van der Waals surface area contributed by atoms with E-state index in [1.165, 1.54) is 16.2 Å². The van der Waals surface area contributed by atoms with E-state index in [1.54, 1.807) is 6.07 Å². The fourth-order valence-electron chi connectivity index (χ4n) is 4.00. The summed E-state index contributed by atoms with van der Waals surface area (Å²) in [5, 5.41) is 3.23. The average Bonchev–Trinajstić information content (AvgIpc) is 3.22. The van der Waals surface area contributed by atoms with Gasteiger partial charge in [0.05, 0.1) is 22.1 Å². The van der Waals surface area contributed by atoms with Gasteiger partial charge in [0.15, 0.2) is 16.6 Å². The number of nitrogens with one attached hydrogen (secondary N) is 1. The second-order valence-corrected chi connectivity index (χ2v) is 8.30. The molecule has 2 atom stereocenters. The normalized spacial score (nSPS) is 22.8. The molecule has 8 nitrogen and oxygen atoms in total. The Morgan fingerprint density at radius 1 is 1.10 bits per heavy atom. The Kier molecular flexibility index (Phi) is 4.46. The van der Waals surface area contributed by atoms with Crippen LogP contribution >= 0.6 is 11.3 Å². The number of fused-ring (bicyclic) bond motifs is 3. The number of nitrogens with zero attached hydrogens (tertiary/aromatic N) is 2. The number of allylic oxidation sites excluding steroid dienone is 2. The first-order valence-corrected chi connectivity index (χ1v) is 10.4. The number of ether oxygens (including phenoxy) is 2. The van der Waals surface area contributed by atoms with E-state index < -0.39 is 0 Å². The van der Waals surface area contributed by atoms with Crippen molar-refractivity contribution in [1.82, 2.24) is 9.88 Å². The Morgan fingerprint density at radius 2 is 1.76 bits per heavy atom. The highest BCUT2D eigenvalue weighted by Crippen LogP contribution is 2.38. The molecule has 3 heterocycles. The Morgan fingerprint density at radius 3 is 2.45 bits per heavy atom. The Balaban J connectivity index is 1.23. The van der Waals surface area contributed by atoms with E-state index in [4.69, 9.17) is 9.47 Å². The van der Waals surface area contributed by atoms with Crippen molar-refractivity contribution in [3.63, 3.8) is 0 Å². The topological polar surface area (TPSA) is 97.8 Å². The van der Waals surface area contributed by atoms with E-state index >= 15 is 0 Å². The third kappa shape index (κ3) is 3.25. The van der Waals surface area contributed by atoms with Crippen molar-refractivity contribution in [3.05, 3.63) is 24.3 Å². The first kappa shape index (κ1) is 18.1. The van der Waals surface area contributed by atoms with Crippen LogP contribution in [0.25, 0.3) is 10.2 Å². The molecule has 9 heteroatoms. The molecular weight excluding hydrogens is 394 g/mol. The SMILES string of the molecule is O=C(CCN1C(=O)[C@H]2CC=CC[C@H]2C1=O)Nc1nc2cc3c(cc2s1)OCCO3. The third-order valence-electron chi connectivity index (χ3n) is 5.46. The number of aromatic nitrogens is 1. The predicted molar refractivity (Wildman–Crippen MR) is 106 cm³/mol. The molecule has 0 radical (unpaired) electrons. The molecule has 1 aromatic carbocycles. The van der Waals surface area contributed by atoms with Crippen LogP contribution in [-0.4, -0.2) is 47.4 Å². The van der Waals surface area contributed by atoms with Crippen LogP contribution in [-0.2, 0) is 14.4 Å². The van der Waals surface area contributed by atoms with Gasteiger partial charge in [0, 0.05) is 25.1 Å². The van der Waals surface area contributed by atoms with Gasteiger partial charge in [-0.05, 0) is 12.8 Å². The van der Waals surface area contributed by atoms with Crippen LogP contribution in [0, 0.1) is 11.8 Å². The molecule has 1 aromatic heterocycles. The number of benzene rings is 1. The van der Waals surface area contributed by atoms with Gasteiger partial charge in [-0.15, -0.1) is 0 Å². The van der Waals surface area contributed by atoms with Crippen molar-refractivity contribution >= 4 is 44.4 Å². The molecule has 150 valence electrons. The summed E-state index contributed by atoms with van der Waals surface area (Å²) in [6.07, 6.45) is 5.14. The molecule has 29 heavy (non-hydrogen) atoms. The molecule has 1 fully saturated rings. The summed E-state index contributed by atoms with van der Waals surface area (Å²) in [4.78, 5) is 43.0. The van der Waals surface area contributed by atoms with Gasteiger partial charge in [-0.2, -0.15) is 0 Å². The van der Waals surface area contributed by atoms with Gasteiger partial charge < -0.3 is 14.8 Å². The van der Waals surface area contributed by atoms with Crippen LogP contribution in [0.4, 0.5) is 5.13 Å². The zero-order chi connectivity index (χ0) is 20.0. The number of carbonyl (C=O) groups is 3. The zero-order valence-electron chi connectivity index (χ0n) is 15.6. The summed E-state index contributed by atoms with van der Waals surface area (Å²) in [7, 11) is 0. The lowest BCUT2D eigenvalue weighted by Crippen LogP contribution is -2.34. The van der Waals surface area contributed by atoms with Crippen molar-refractivity contribution in [1.29, 1.82) is 0 Å². The number of rotatable bonds is 4. The minimum absolute atomic E-state index is 0.0446. The quantitative estimate of drug-likeness (QED) is 0.610. The fourth-order valence-corrected chi connectivity index (χ4v) is 4.90. The molecule has 3 aliphatic rings. The smallest absolute Gasteiger partial charge is 0.233 e. The molecule has 1 N–H and O–H groups in total. The number of carbonyl (C=O) groups excluding carboxylic acids is 3. The van der Waals surface area contributed by atoms with E-state index in [9.17, 15) is 14.4 Å². The molecule has 5 rings (SSSR count). The average molecular weight is 413 g/mol. The summed E-state index contributed by atoms with van der Waals surface area (Å²) in [6, 6.07) is 3.65. The van der Waals surface area contributed by atoms with Crippen LogP contribution < -0.4 is 14.8 Å². The second kappa shape index (κ2) is 7.14. The van der Waals surface area contributed by atoms with Crippen LogP contribution in [0.5, 0.6) is 11.5 Å². The predicted octanol–water partition coefficient (Wildman–Crippen LogP) is 2.35. The zero-order valence-corrected chi connectivity index (χ0v) is 16.4. The van der Waals surface area contributed by atoms with Crippen LogP contribution in [0.3, 0.4) is 0 Å². The Hall–Kier alpha value is -2.94. The number of amides is 3. The molecule has 0 saturated carbocycles. The standard InChI is InChI=1S/C20H19N3O5S/c24-17(5-6-23-18(25)11-3-1-2-4-12(11)19(23)26)22-20-21-13-9-14-15(10-16(13)29-20)28-8-7-27-14/h1-2,9-12H,3-8H2,(H,21,22,24)/t11-,12+. The van der Waals surface area contributed by atoms with E-state index in [2.05, 4.69) is 10.3 Å². The molecule has 0 spiro atoms. The van der Waals surface area contributed by atoms with Crippen molar-refractivity contribution < 1.29 is 23.9 Å². The van der Waals surface area contributed by atoms with E-state index in [-0.39, 0.29) is 42.5 Å². The first-order chi connectivity index (χ1) is 14.1. The van der Waals surface area contributed by atoms with Gasteiger partial charge in [0.2, 0.25) is 17.7 Å². The molecule has 2 aliphatic heterocycles. The summed E-state index contributed by atoms with van der Waals surface area (Å²) >= 11 is 1.34. The molecule has 0 unspecified atom stereocenters. The molecule has 2 aromatic rings. The Bertz CT molecular complexity index is 977. The summed E-state index contributed by atoms with van der Waals surface area (Å²) in [5.41, 5.74) is 0.719. The largest absolute Gasteiger partial charge is 0.486 e. The second-order valence-electron chi connectivity index (χ2n) is 7.26. The number of anilines is 1. The maximum absolute atomic E-state index is 12.5. The lowest BCUT2D eigenvalue weighted by molar-refractivity contribution is -0.140. The van der Waals surface area contributed by atoms with E-state index in [1.807, 2.05) is 18.2 Å². The number of thiazole rings is 1. The molecule has 1 aliphatic carbocycles. The number of imide groups is 1. The van der Waals surface area contributed by atoms with Crippen molar-refractivity contribution in [3.8, 4) is 11.5 Å². The molecular formula is C20H19N3O5S. The first-order valence-electron chi connectivity index (χ1n) is 9.60. The van der Waals surface area contributed by atoms with Crippen molar-refractivity contribution in [2.75, 3.05) is 25.1 Å². The van der Waals surface area contributed by atoms with Gasteiger partial charge >= 0.3 is 0 Å². The van der Waals surface area contributed by atoms with Gasteiger partial charge in [0.1, 0.15) is 13.2 Å². The highest BCUT2D eigenvalue weighted by atomic mass is 32.1. The summed E-state index contributed by atoms with van der Waals surface area (Å²) < 4.78 is 12.0. The van der Waals surface area contributed by atoms with Gasteiger partial charge in [-0.25, -0.2) is 4.98 Å². The van der Waals surface area contributed by atoms with E-state index in [0.717, 1.165) is 10.2 Å². The van der Waals surface area contributed by atoms with Crippen LogP contribution in [0.15, 0.2) is 24.3 Å². The highest BCUT2D eigenvalue weighted by Gasteiger charge is 2.46. The van der Waals surface area contributed by atoms with Crippen molar-refractivity contribution in [2.45, 2.75) is 19.3 Å². The van der Waals surface area contributed by atoms with Gasteiger partial charge in [0.25, 0.3) is 0 Å². The number of likely N-dealkylation sites (tertiary alicyclic amines) is 1. The monoisotopic (exact) mass is 413 g/mol. The maximum Gasteiger partial charge on any atom is 0.233 e. The minimum atomic E-state index is -0.282. The van der Waals surface area contributed by atoms with Crippen LogP contribution in [0.1, 0.15) is 19.3 Å². The van der Waals surface area contributed by atoms with Gasteiger partial charge in [-0.1, -0.05) is 23.5 Å². The fraction of sp³-hybridized carbons (Fsp3) is 0.400. The molecule has 0 bridgehead atoms. The van der Waals surface area contributed by atoms with E-state index in [0.29, 0.717) is 42.7 Å². The summed E-state index contributed by atoms with van der Waals surface area (Å²) in [5.74, 6) is 0.173. The van der Waals surface area contributed by atoms with Crippen molar-refractivity contribution in [2.24, 2.45) is 11.8 Å². The summed E-state index contributed by atoms with van der Waals surface area (Å²) in [6.45, 7) is 1.10. The minimum Gasteiger partial charge on any atom is -0.486 e. The lowest BCUT2D eigenvalue weighted by atomic mass is 9.85. The highest BCUT2D eigenvalue weighted by molar-refractivity contribution is 7.22. The maximum atomic E-state index is 12.5. The van der Waals surface area contributed by atoms with Gasteiger partial charge in [-0.3, -0.25) is 19.3 Å². The Labute approximate surface area is 170 Å². The number of hydrogen-bond acceptors (Lipinski definition) is 7. The number of hydrogen-bond donors (Lipinski definition) is 1. The molecule has 3 amide bonds.